The Hall–Kier alpha value is -3.82. The smallest absolute Gasteiger partial charge is 0.0190 e. The van der Waals surface area contributed by atoms with E-state index in [1.807, 2.05) is 61.4 Å². The predicted octanol–water partition coefficient (Wildman–Crippen LogP) is 10.8. The maximum atomic E-state index is 4.67. The summed E-state index contributed by atoms with van der Waals surface area (Å²) in [5.41, 5.74) is 11.9. The standard InChI is InChI=1S/C28H24NS.C12H10N.Ir/c1-28(2,3)18-19-14-15-29-25(16-19)20-12-13-27-24(17-20)22-9-5-4-8-21(22)23-10-6-7-11-26(23)30-27;1-10-7-8-12(13-9-10)11-5-3-2-4-6-11;/h4-11,13-17H,18H2,1-3H3;2-5,7-9H,1H3;/q2*-1;. The molecular weight excluding hydrogens is 733 g/mol. The molecule has 0 fully saturated rings. The van der Waals surface area contributed by atoms with Gasteiger partial charge in [0.05, 0.1) is 0 Å². The summed E-state index contributed by atoms with van der Waals surface area (Å²) in [6, 6.07) is 44.7. The van der Waals surface area contributed by atoms with Crippen molar-refractivity contribution in [3.63, 3.8) is 0 Å². The van der Waals surface area contributed by atoms with E-state index in [1.54, 1.807) is 0 Å². The molecule has 221 valence electrons. The molecule has 0 aliphatic carbocycles. The van der Waals surface area contributed by atoms with Gasteiger partial charge in [0.15, 0.2) is 0 Å². The summed E-state index contributed by atoms with van der Waals surface area (Å²) in [6.07, 6.45) is 4.83. The second-order valence-electron chi connectivity index (χ2n) is 12.1. The van der Waals surface area contributed by atoms with Crippen molar-refractivity contribution >= 4 is 11.8 Å². The van der Waals surface area contributed by atoms with Crippen molar-refractivity contribution < 1.29 is 20.1 Å². The quantitative estimate of drug-likeness (QED) is 0.168. The summed E-state index contributed by atoms with van der Waals surface area (Å²) in [4.78, 5) is 11.5. The van der Waals surface area contributed by atoms with Gasteiger partial charge >= 0.3 is 0 Å². The fourth-order valence-electron chi connectivity index (χ4n) is 5.29. The van der Waals surface area contributed by atoms with E-state index >= 15 is 0 Å². The average molecular weight is 767 g/mol. The van der Waals surface area contributed by atoms with E-state index < -0.39 is 0 Å². The van der Waals surface area contributed by atoms with Gasteiger partial charge in [-0.05, 0) is 64.5 Å². The molecule has 0 atom stereocenters. The molecule has 0 saturated heterocycles. The van der Waals surface area contributed by atoms with E-state index in [9.17, 15) is 0 Å². The van der Waals surface area contributed by atoms with Crippen molar-refractivity contribution in [3.8, 4) is 44.8 Å². The molecule has 0 spiro atoms. The number of nitrogens with zero attached hydrogens (tertiary/aromatic N) is 2. The zero-order chi connectivity index (χ0) is 29.8. The third-order valence-corrected chi connectivity index (χ3v) is 8.39. The van der Waals surface area contributed by atoms with Crippen molar-refractivity contribution in [1.82, 2.24) is 9.97 Å². The van der Waals surface area contributed by atoms with E-state index in [2.05, 4.69) is 122 Å². The molecular formula is C40H34IrN2S-2. The number of pyridine rings is 2. The van der Waals surface area contributed by atoms with Crippen LogP contribution in [0.4, 0.5) is 0 Å². The molecule has 2 aromatic heterocycles. The Kier molecular flexibility index (Phi) is 9.96. The van der Waals surface area contributed by atoms with Gasteiger partial charge in [-0.15, -0.1) is 71.4 Å². The minimum absolute atomic E-state index is 0. The molecule has 1 aliphatic rings. The molecule has 44 heavy (non-hydrogen) atoms. The number of benzene rings is 4. The van der Waals surface area contributed by atoms with Crippen molar-refractivity contribution in [2.45, 2.75) is 43.9 Å². The fraction of sp³-hybridized carbons (Fsp3) is 0.150. The summed E-state index contributed by atoms with van der Waals surface area (Å²) in [5.74, 6) is 0. The van der Waals surface area contributed by atoms with E-state index in [1.165, 1.54) is 43.2 Å². The van der Waals surface area contributed by atoms with E-state index in [0.29, 0.717) is 0 Å². The van der Waals surface area contributed by atoms with E-state index in [-0.39, 0.29) is 25.5 Å². The number of aromatic nitrogens is 2. The average Bonchev–Trinajstić information content (AvgIpc) is 3.16. The van der Waals surface area contributed by atoms with Crippen LogP contribution in [0.15, 0.2) is 131 Å². The molecule has 6 aromatic rings. The largest absolute Gasteiger partial charge is 0.305 e. The van der Waals surface area contributed by atoms with Gasteiger partial charge in [-0.3, -0.25) is 0 Å². The first-order valence-corrected chi connectivity index (χ1v) is 15.4. The van der Waals surface area contributed by atoms with Crippen LogP contribution < -0.4 is 0 Å². The Bertz CT molecular complexity index is 1860. The van der Waals surface area contributed by atoms with E-state index in [0.717, 1.165) is 28.9 Å². The summed E-state index contributed by atoms with van der Waals surface area (Å²) in [6.45, 7) is 8.85. The molecule has 1 aliphatic heterocycles. The third-order valence-electron chi connectivity index (χ3n) is 7.26. The first-order chi connectivity index (χ1) is 20.8. The Morgan fingerprint density at radius 2 is 1.39 bits per heavy atom. The van der Waals surface area contributed by atoms with Gasteiger partial charge < -0.3 is 9.97 Å². The van der Waals surface area contributed by atoms with Crippen LogP contribution >= 0.6 is 11.8 Å². The van der Waals surface area contributed by atoms with Gasteiger partial charge in [0.2, 0.25) is 0 Å². The van der Waals surface area contributed by atoms with Crippen molar-refractivity contribution in [2.24, 2.45) is 5.41 Å². The van der Waals surface area contributed by atoms with Crippen LogP contribution in [-0.4, -0.2) is 9.97 Å². The Labute approximate surface area is 279 Å². The molecule has 0 bridgehead atoms. The van der Waals surface area contributed by atoms with Gasteiger partial charge in [0.1, 0.15) is 0 Å². The summed E-state index contributed by atoms with van der Waals surface area (Å²) in [7, 11) is 0. The molecule has 0 N–H and O–H groups in total. The third kappa shape index (κ3) is 7.45. The van der Waals surface area contributed by atoms with Crippen molar-refractivity contribution in [2.75, 3.05) is 0 Å². The molecule has 7 rings (SSSR count). The molecule has 0 unspecified atom stereocenters. The van der Waals surface area contributed by atoms with Crippen molar-refractivity contribution in [3.05, 3.63) is 145 Å². The minimum Gasteiger partial charge on any atom is -0.305 e. The Balaban J connectivity index is 0.000000230. The van der Waals surface area contributed by atoms with Gasteiger partial charge in [0.25, 0.3) is 0 Å². The zero-order valence-electron chi connectivity index (χ0n) is 25.4. The first-order valence-electron chi connectivity index (χ1n) is 14.6. The van der Waals surface area contributed by atoms with Gasteiger partial charge in [0, 0.05) is 37.4 Å². The molecule has 4 aromatic carbocycles. The predicted molar refractivity (Wildman–Crippen MR) is 180 cm³/mol. The van der Waals surface area contributed by atoms with Crippen LogP contribution in [0.5, 0.6) is 0 Å². The SMILES string of the molecule is CC(C)(C)Cc1ccnc(-c2[c-]cc3c(c2)-c2ccccc2-c2ccccc2S3)c1.Cc1ccc(-c2[c-]cccc2)nc1.[Ir]. The molecule has 0 saturated carbocycles. The van der Waals surface area contributed by atoms with Gasteiger partial charge in [-0.2, -0.15) is 0 Å². The summed E-state index contributed by atoms with van der Waals surface area (Å²) >= 11 is 1.82. The van der Waals surface area contributed by atoms with Crippen LogP contribution in [0.3, 0.4) is 0 Å². The maximum absolute atomic E-state index is 4.67. The number of aryl methyl sites for hydroxylation is 1. The monoisotopic (exact) mass is 767 g/mol. The molecule has 4 heteroatoms. The number of rotatable bonds is 3. The maximum Gasteiger partial charge on any atom is 0.0190 e. The second-order valence-corrected chi connectivity index (χ2v) is 13.1. The Morgan fingerprint density at radius 3 is 2.09 bits per heavy atom. The fourth-order valence-corrected chi connectivity index (χ4v) is 6.36. The number of hydrogen-bond acceptors (Lipinski definition) is 3. The van der Waals surface area contributed by atoms with Crippen LogP contribution in [-0.2, 0) is 26.5 Å². The molecule has 0 amide bonds. The number of hydrogen-bond donors (Lipinski definition) is 0. The van der Waals surface area contributed by atoms with Crippen LogP contribution in [0.25, 0.3) is 44.8 Å². The van der Waals surface area contributed by atoms with E-state index in [4.69, 9.17) is 0 Å². The zero-order valence-corrected chi connectivity index (χ0v) is 28.6. The van der Waals surface area contributed by atoms with Crippen LogP contribution in [0, 0.1) is 24.5 Å². The normalized spacial score (nSPS) is 11.5. The van der Waals surface area contributed by atoms with Crippen LogP contribution in [0.1, 0.15) is 31.9 Å². The van der Waals surface area contributed by atoms with Gasteiger partial charge in [-0.1, -0.05) is 97.5 Å². The van der Waals surface area contributed by atoms with Gasteiger partial charge in [-0.25, -0.2) is 0 Å². The Morgan fingerprint density at radius 1 is 0.659 bits per heavy atom. The summed E-state index contributed by atoms with van der Waals surface area (Å²) < 4.78 is 0. The molecule has 1 radical (unpaired) electrons. The second kappa shape index (κ2) is 13.9. The molecule has 3 heterocycles. The van der Waals surface area contributed by atoms with Crippen molar-refractivity contribution in [1.29, 1.82) is 0 Å². The minimum atomic E-state index is 0. The number of fused-ring (bicyclic) bond motifs is 5. The molecule has 2 nitrogen and oxygen atoms in total. The topological polar surface area (TPSA) is 25.8 Å². The summed E-state index contributed by atoms with van der Waals surface area (Å²) in [5, 5.41) is 0. The first kappa shape index (κ1) is 31.6. The van der Waals surface area contributed by atoms with Crippen LogP contribution in [0.2, 0.25) is 0 Å².